The zero-order valence-corrected chi connectivity index (χ0v) is 15.6. The van der Waals surface area contributed by atoms with E-state index in [2.05, 4.69) is 11.8 Å². The molecular weight excluding hydrogens is 366 g/mol. The first-order valence-corrected chi connectivity index (χ1v) is 9.47. The molecule has 1 aromatic heterocycles. The van der Waals surface area contributed by atoms with Gasteiger partial charge >= 0.3 is 5.97 Å². The molecule has 3 rings (SSSR count). The summed E-state index contributed by atoms with van der Waals surface area (Å²) in [6.07, 6.45) is 0. The molecule has 0 radical (unpaired) electrons. The molecule has 0 fully saturated rings. The first kappa shape index (κ1) is 18.7. The maximum absolute atomic E-state index is 13.2. The van der Waals surface area contributed by atoms with E-state index in [0.29, 0.717) is 10.9 Å². The van der Waals surface area contributed by atoms with Crippen molar-refractivity contribution in [3.05, 3.63) is 65.4 Å². The zero-order chi connectivity index (χ0) is 19.6. The van der Waals surface area contributed by atoms with Gasteiger partial charge in [0.25, 0.3) is 10.0 Å². The molecule has 2 aromatic carbocycles. The number of fused-ring (bicyclic) bond motifs is 1. The Labute approximate surface area is 157 Å². The van der Waals surface area contributed by atoms with Crippen LogP contribution in [0.5, 0.6) is 0 Å². The standard InChI is InChI=1S/C20H17NO5S/c1-14-5-9-17(10-6-14)27(24,25)21-18-12-15(4-3-11-26-2)7-8-16(18)13-19(21)20(22)23/h5-10,12-13H,11H2,1-2H3,(H,22,23). The summed E-state index contributed by atoms with van der Waals surface area (Å²) in [5.41, 5.74) is 1.40. The number of ether oxygens (including phenoxy) is 1. The van der Waals surface area contributed by atoms with Crippen LogP contribution in [0.3, 0.4) is 0 Å². The molecular formula is C20H17NO5S. The number of carboxylic acids is 1. The molecule has 6 nitrogen and oxygen atoms in total. The van der Waals surface area contributed by atoms with Crippen molar-refractivity contribution in [3.8, 4) is 11.8 Å². The Morgan fingerprint density at radius 3 is 2.48 bits per heavy atom. The summed E-state index contributed by atoms with van der Waals surface area (Å²) >= 11 is 0. The summed E-state index contributed by atoms with van der Waals surface area (Å²) in [7, 11) is -2.57. The van der Waals surface area contributed by atoms with E-state index < -0.39 is 16.0 Å². The maximum Gasteiger partial charge on any atom is 0.353 e. The molecule has 7 heteroatoms. The quantitative estimate of drug-likeness (QED) is 0.700. The van der Waals surface area contributed by atoms with Gasteiger partial charge in [-0.25, -0.2) is 17.2 Å². The number of aromatic nitrogens is 1. The molecule has 0 aliphatic heterocycles. The number of rotatable bonds is 4. The van der Waals surface area contributed by atoms with Crippen LogP contribution in [0.2, 0.25) is 0 Å². The van der Waals surface area contributed by atoms with E-state index in [9.17, 15) is 18.3 Å². The Morgan fingerprint density at radius 1 is 1.15 bits per heavy atom. The zero-order valence-electron chi connectivity index (χ0n) is 14.8. The predicted molar refractivity (Wildman–Crippen MR) is 101 cm³/mol. The van der Waals surface area contributed by atoms with Gasteiger partial charge < -0.3 is 9.84 Å². The molecule has 138 valence electrons. The minimum atomic E-state index is -4.09. The van der Waals surface area contributed by atoms with E-state index in [-0.39, 0.29) is 22.7 Å². The molecule has 1 N–H and O–H groups in total. The van der Waals surface area contributed by atoms with Gasteiger partial charge in [-0.1, -0.05) is 35.6 Å². The van der Waals surface area contributed by atoms with Crippen molar-refractivity contribution >= 4 is 26.9 Å². The number of hydrogen-bond donors (Lipinski definition) is 1. The molecule has 0 aliphatic rings. The fraction of sp³-hybridized carbons (Fsp3) is 0.150. The Kier molecular flexibility index (Phi) is 5.04. The van der Waals surface area contributed by atoms with Gasteiger partial charge in [-0.05, 0) is 37.3 Å². The SMILES string of the molecule is COCC#Cc1ccc2cc(C(=O)O)n(S(=O)(=O)c3ccc(C)cc3)c2c1. The lowest BCUT2D eigenvalue weighted by molar-refractivity contribution is 0.0689. The molecule has 0 atom stereocenters. The van der Waals surface area contributed by atoms with E-state index in [0.717, 1.165) is 9.54 Å². The highest BCUT2D eigenvalue weighted by molar-refractivity contribution is 7.90. The van der Waals surface area contributed by atoms with E-state index in [1.165, 1.54) is 25.3 Å². The van der Waals surface area contributed by atoms with Crippen LogP contribution in [-0.2, 0) is 14.8 Å². The largest absolute Gasteiger partial charge is 0.477 e. The van der Waals surface area contributed by atoms with E-state index >= 15 is 0 Å². The number of aromatic carboxylic acids is 1. The number of aryl methyl sites for hydroxylation is 1. The summed E-state index contributed by atoms with van der Waals surface area (Å²) < 4.78 is 32.1. The van der Waals surface area contributed by atoms with Gasteiger partial charge in [0.1, 0.15) is 12.3 Å². The Bertz CT molecular complexity index is 1180. The predicted octanol–water partition coefficient (Wildman–Crippen LogP) is 2.88. The number of nitrogens with zero attached hydrogens (tertiary/aromatic N) is 1. The number of carboxylic acid groups (broad SMARTS) is 1. The van der Waals surface area contributed by atoms with E-state index in [1.807, 2.05) is 6.92 Å². The van der Waals surface area contributed by atoms with Crippen molar-refractivity contribution < 1.29 is 23.1 Å². The fourth-order valence-electron chi connectivity index (χ4n) is 2.69. The lowest BCUT2D eigenvalue weighted by Gasteiger charge is -2.10. The van der Waals surface area contributed by atoms with Gasteiger partial charge in [0.2, 0.25) is 0 Å². The topological polar surface area (TPSA) is 85.6 Å². The molecule has 3 aromatic rings. The first-order chi connectivity index (χ1) is 12.8. The van der Waals surface area contributed by atoms with Crippen molar-refractivity contribution in [3.63, 3.8) is 0 Å². The van der Waals surface area contributed by atoms with E-state index in [4.69, 9.17) is 4.74 Å². The first-order valence-electron chi connectivity index (χ1n) is 8.03. The molecule has 0 saturated heterocycles. The molecule has 0 saturated carbocycles. The third-order valence-electron chi connectivity index (χ3n) is 3.99. The highest BCUT2D eigenvalue weighted by atomic mass is 32.2. The van der Waals surface area contributed by atoms with Crippen LogP contribution >= 0.6 is 0 Å². The van der Waals surface area contributed by atoms with Gasteiger partial charge in [0.05, 0.1) is 10.4 Å². The number of benzene rings is 2. The van der Waals surface area contributed by atoms with Crippen LogP contribution in [0.4, 0.5) is 0 Å². The smallest absolute Gasteiger partial charge is 0.353 e. The number of methoxy groups -OCH3 is 1. The average Bonchev–Trinajstić information content (AvgIpc) is 3.02. The second-order valence-electron chi connectivity index (χ2n) is 5.93. The molecule has 0 unspecified atom stereocenters. The van der Waals surface area contributed by atoms with E-state index in [1.54, 1.807) is 30.3 Å². The number of carbonyl (C=O) groups is 1. The van der Waals surface area contributed by atoms with Crippen LogP contribution < -0.4 is 0 Å². The summed E-state index contributed by atoms with van der Waals surface area (Å²) in [5, 5.41) is 10.0. The normalized spacial score (nSPS) is 11.2. The minimum absolute atomic E-state index is 0.0176. The summed E-state index contributed by atoms with van der Waals surface area (Å²) in [5.74, 6) is 4.34. The average molecular weight is 383 g/mol. The van der Waals surface area contributed by atoms with Crippen molar-refractivity contribution in [2.75, 3.05) is 13.7 Å². The van der Waals surface area contributed by atoms with Crippen LogP contribution in [-0.4, -0.2) is 37.2 Å². The Morgan fingerprint density at radius 2 is 1.85 bits per heavy atom. The number of hydrogen-bond acceptors (Lipinski definition) is 4. The lowest BCUT2D eigenvalue weighted by Crippen LogP contribution is -2.18. The van der Waals surface area contributed by atoms with Crippen molar-refractivity contribution in [1.82, 2.24) is 3.97 Å². The van der Waals surface area contributed by atoms with Crippen molar-refractivity contribution in [2.24, 2.45) is 0 Å². The maximum atomic E-state index is 13.2. The monoisotopic (exact) mass is 383 g/mol. The van der Waals surface area contributed by atoms with Gasteiger partial charge in [-0.2, -0.15) is 0 Å². The highest BCUT2D eigenvalue weighted by Crippen LogP contribution is 2.27. The summed E-state index contributed by atoms with van der Waals surface area (Å²) in [6.45, 7) is 2.08. The molecule has 0 spiro atoms. The summed E-state index contributed by atoms with van der Waals surface area (Å²) in [4.78, 5) is 11.7. The Hall–Kier alpha value is -3.08. The van der Waals surface area contributed by atoms with Gasteiger partial charge in [0.15, 0.2) is 0 Å². The van der Waals surface area contributed by atoms with Crippen LogP contribution in [0.1, 0.15) is 21.6 Å². The molecule has 0 aliphatic carbocycles. The van der Waals surface area contributed by atoms with Gasteiger partial charge in [-0.3, -0.25) is 0 Å². The third kappa shape index (κ3) is 3.58. The molecule has 0 amide bonds. The van der Waals surface area contributed by atoms with Crippen molar-refractivity contribution in [1.29, 1.82) is 0 Å². The molecule has 27 heavy (non-hydrogen) atoms. The fourth-order valence-corrected chi connectivity index (χ4v) is 4.19. The van der Waals surface area contributed by atoms with Crippen LogP contribution in [0.25, 0.3) is 10.9 Å². The second kappa shape index (κ2) is 7.27. The third-order valence-corrected chi connectivity index (χ3v) is 5.73. The van der Waals surface area contributed by atoms with Gasteiger partial charge in [0, 0.05) is 18.1 Å². The second-order valence-corrected chi connectivity index (χ2v) is 7.71. The van der Waals surface area contributed by atoms with Crippen molar-refractivity contribution in [2.45, 2.75) is 11.8 Å². The Balaban J connectivity index is 2.27. The molecule has 1 heterocycles. The van der Waals surface area contributed by atoms with Crippen LogP contribution in [0, 0.1) is 18.8 Å². The highest BCUT2D eigenvalue weighted by Gasteiger charge is 2.26. The van der Waals surface area contributed by atoms with Gasteiger partial charge in [-0.15, -0.1) is 0 Å². The van der Waals surface area contributed by atoms with Crippen LogP contribution in [0.15, 0.2) is 53.4 Å². The molecule has 0 bridgehead atoms. The lowest BCUT2D eigenvalue weighted by atomic mass is 10.1. The summed E-state index contributed by atoms with van der Waals surface area (Å²) in [6, 6.07) is 12.5. The minimum Gasteiger partial charge on any atom is -0.477 e.